The lowest BCUT2D eigenvalue weighted by Gasteiger charge is -2.28. The minimum atomic E-state index is -2.58. The highest BCUT2D eigenvalue weighted by molar-refractivity contribution is 7.87. The Hall–Kier alpha value is -4.16. The monoisotopic (exact) mass is 544 g/mol. The molecule has 0 spiro atoms. The molecular weight excluding hydrogens is 519 g/mol. The average Bonchev–Trinajstić information content (AvgIpc) is 3.38. The lowest BCUT2D eigenvalue weighted by atomic mass is 10.0. The molecule has 190 valence electrons. The van der Waals surface area contributed by atoms with E-state index in [0.29, 0.717) is 23.5 Å². The van der Waals surface area contributed by atoms with Gasteiger partial charge in [-0.1, -0.05) is 103 Å². The number of rotatable bonds is 6. The van der Waals surface area contributed by atoms with Gasteiger partial charge in [0.15, 0.2) is 5.65 Å². The fourth-order valence-electron chi connectivity index (χ4n) is 5.36. The van der Waals surface area contributed by atoms with E-state index < -0.39 is 7.05 Å². The Morgan fingerprint density at radius 2 is 1.31 bits per heavy atom. The normalized spacial score (nSPS) is 11.5. The van der Waals surface area contributed by atoms with Gasteiger partial charge < -0.3 is 0 Å². The van der Waals surface area contributed by atoms with Crippen LogP contribution < -0.4 is 15.9 Å². The number of fused-ring (bicyclic) bond motifs is 3. The molecule has 39 heavy (non-hydrogen) atoms. The van der Waals surface area contributed by atoms with Gasteiger partial charge >= 0.3 is 0 Å². The van der Waals surface area contributed by atoms with Crippen molar-refractivity contribution < 1.29 is 0 Å². The van der Waals surface area contributed by atoms with Crippen LogP contribution in [-0.4, -0.2) is 15.3 Å². The van der Waals surface area contributed by atoms with Crippen LogP contribution in [0.2, 0.25) is 0 Å². The van der Waals surface area contributed by atoms with Crippen LogP contribution in [0.1, 0.15) is 16.7 Å². The average molecular weight is 545 g/mol. The summed E-state index contributed by atoms with van der Waals surface area (Å²) in [5.74, 6) is 1.22. The van der Waals surface area contributed by atoms with E-state index in [1.807, 2.05) is 49.4 Å². The number of imidazole rings is 1. The minimum absolute atomic E-state index is 0.416. The molecule has 0 fully saturated rings. The molecule has 0 aliphatic heterocycles. The SMILES string of the molecule is Cc1c(CCCl)c(N=P(c2ccccc2)(c2ccccc2)c2ccccc2)n2c(nc3ccccc32)c1C#N. The van der Waals surface area contributed by atoms with Crippen LogP contribution in [-0.2, 0) is 6.42 Å². The van der Waals surface area contributed by atoms with Gasteiger partial charge in [0, 0.05) is 27.4 Å². The molecule has 0 atom stereocenters. The van der Waals surface area contributed by atoms with Crippen molar-refractivity contribution in [3.8, 4) is 6.07 Å². The van der Waals surface area contributed by atoms with Gasteiger partial charge in [0.05, 0.1) is 23.7 Å². The maximum atomic E-state index is 10.2. The zero-order chi connectivity index (χ0) is 26.8. The highest BCUT2D eigenvalue weighted by atomic mass is 35.5. The number of benzene rings is 4. The third-order valence-electron chi connectivity index (χ3n) is 7.18. The Kier molecular flexibility index (Phi) is 6.79. The second-order valence-corrected chi connectivity index (χ2v) is 12.8. The van der Waals surface area contributed by atoms with Gasteiger partial charge in [-0.25, -0.2) is 9.73 Å². The van der Waals surface area contributed by atoms with Crippen molar-refractivity contribution in [3.05, 3.63) is 132 Å². The lowest BCUT2D eigenvalue weighted by molar-refractivity contribution is 1.05. The molecule has 0 saturated heterocycles. The molecule has 2 aromatic heterocycles. The predicted octanol–water partition coefficient (Wildman–Crippen LogP) is 7.26. The number of halogens is 1. The van der Waals surface area contributed by atoms with Gasteiger partial charge in [0.1, 0.15) is 11.9 Å². The van der Waals surface area contributed by atoms with Crippen LogP contribution in [0.3, 0.4) is 0 Å². The second-order valence-electron chi connectivity index (χ2n) is 9.35. The van der Waals surface area contributed by atoms with Gasteiger partial charge in [-0.2, -0.15) is 5.26 Å². The first-order valence-corrected chi connectivity index (χ1v) is 15.1. The Morgan fingerprint density at radius 3 is 1.82 bits per heavy atom. The predicted molar refractivity (Wildman–Crippen MR) is 164 cm³/mol. The van der Waals surface area contributed by atoms with Crippen LogP contribution in [0, 0.1) is 18.3 Å². The summed E-state index contributed by atoms with van der Waals surface area (Å²) >= 11 is 6.40. The van der Waals surface area contributed by atoms with Crippen LogP contribution in [0.15, 0.2) is 120 Å². The number of pyridine rings is 1. The standard InChI is InChI=1S/C33H26ClN4P/c1-24-28(21-22-34)33(38-31-20-12-11-19-30(31)36-32(38)29(24)23-35)37-39(25-13-5-2-6-14-25,26-15-7-3-8-16-26)27-17-9-4-10-18-27/h2-20H,21-22H2,1H3. The number of hydrogen-bond donors (Lipinski definition) is 0. The second kappa shape index (κ2) is 10.5. The number of alkyl halides is 1. The molecule has 0 radical (unpaired) electrons. The first-order valence-electron chi connectivity index (χ1n) is 12.9. The summed E-state index contributed by atoms with van der Waals surface area (Å²) < 4.78 is 7.95. The van der Waals surface area contributed by atoms with Crippen LogP contribution in [0.25, 0.3) is 16.7 Å². The van der Waals surface area contributed by atoms with Crippen molar-refractivity contribution in [2.75, 3.05) is 5.88 Å². The molecule has 0 aliphatic carbocycles. The summed E-state index contributed by atoms with van der Waals surface area (Å²) in [6.45, 7) is 1.99. The zero-order valence-electron chi connectivity index (χ0n) is 21.5. The molecule has 0 aliphatic rings. The summed E-state index contributed by atoms with van der Waals surface area (Å²) in [5, 5.41) is 13.7. The third kappa shape index (κ3) is 4.16. The van der Waals surface area contributed by atoms with Crippen molar-refractivity contribution in [1.82, 2.24) is 9.38 Å². The fourth-order valence-corrected chi connectivity index (χ4v) is 9.09. The molecule has 0 amide bonds. The van der Waals surface area contributed by atoms with Crippen LogP contribution >= 0.6 is 18.7 Å². The first-order chi connectivity index (χ1) is 19.2. The molecule has 0 unspecified atom stereocenters. The quantitative estimate of drug-likeness (QED) is 0.164. The molecule has 6 heteroatoms. The van der Waals surface area contributed by atoms with E-state index >= 15 is 0 Å². The molecule has 6 rings (SSSR count). The topological polar surface area (TPSA) is 53.5 Å². The van der Waals surface area contributed by atoms with E-state index in [1.165, 1.54) is 0 Å². The number of nitriles is 1. The van der Waals surface area contributed by atoms with Gasteiger partial charge in [0.25, 0.3) is 0 Å². The van der Waals surface area contributed by atoms with Gasteiger partial charge in [0.2, 0.25) is 0 Å². The zero-order valence-corrected chi connectivity index (χ0v) is 23.1. The number of nitrogens with zero attached hydrogens (tertiary/aromatic N) is 4. The van der Waals surface area contributed by atoms with Crippen LogP contribution in [0.5, 0.6) is 0 Å². The molecule has 0 saturated carbocycles. The smallest absolute Gasteiger partial charge is 0.157 e. The van der Waals surface area contributed by atoms with E-state index in [4.69, 9.17) is 21.3 Å². The van der Waals surface area contributed by atoms with Crippen molar-refractivity contribution in [2.24, 2.45) is 4.74 Å². The Morgan fingerprint density at radius 1 is 0.795 bits per heavy atom. The summed E-state index contributed by atoms with van der Waals surface area (Å²) in [5.41, 5.74) is 4.80. The maximum Gasteiger partial charge on any atom is 0.157 e. The fraction of sp³-hybridized carbons (Fsp3) is 0.0909. The number of hydrogen-bond acceptors (Lipinski definition) is 3. The molecular formula is C33H26ClN4P. The first kappa shape index (κ1) is 25.1. The largest absolute Gasteiger partial charge is 0.275 e. The van der Waals surface area contributed by atoms with Crippen molar-refractivity contribution in [3.63, 3.8) is 0 Å². The lowest BCUT2D eigenvalue weighted by Crippen LogP contribution is -2.25. The van der Waals surface area contributed by atoms with Gasteiger partial charge in [-0.15, -0.1) is 11.6 Å². The molecule has 6 aromatic rings. The minimum Gasteiger partial charge on any atom is -0.275 e. The molecule has 0 N–H and O–H groups in total. The Labute approximate surface area is 233 Å². The summed E-state index contributed by atoms with van der Waals surface area (Å²) in [6.07, 6.45) is 0.585. The third-order valence-corrected chi connectivity index (χ3v) is 11.0. The molecule has 4 nitrogen and oxygen atoms in total. The van der Waals surface area contributed by atoms with E-state index in [2.05, 4.69) is 83.3 Å². The Balaban J connectivity index is 1.90. The highest BCUT2D eigenvalue weighted by Gasteiger charge is 2.30. The molecule has 4 aromatic carbocycles. The summed E-state index contributed by atoms with van der Waals surface area (Å²) in [6, 6.07) is 42.1. The van der Waals surface area contributed by atoms with Crippen LogP contribution in [0.4, 0.5) is 5.82 Å². The van der Waals surface area contributed by atoms with Gasteiger partial charge in [-0.3, -0.25) is 4.40 Å². The van der Waals surface area contributed by atoms with Crippen molar-refractivity contribution in [2.45, 2.75) is 13.3 Å². The number of para-hydroxylation sites is 2. The number of aromatic nitrogens is 2. The van der Waals surface area contributed by atoms with Crippen molar-refractivity contribution in [1.29, 1.82) is 5.26 Å². The Bertz CT molecular complexity index is 1790. The highest BCUT2D eigenvalue weighted by Crippen LogP contribution is 2.50. The van der Waals surface area contributed by atoms with E-state index in [0.717, 1.165) is 43.9 Å². The summed E-state index contributed by atoms with van der Waals surface area (Å²) in [7, 11) is -2.58. The van der Waals surface area contributed by atoms with E-state index in [1.54, 1.807) is 0 Å². The van der Waals surface area contributed by atoms with Crippen molar-refractivity contribution >= 4 is 57.1 Å². The summed E-state index contributed by atoms with van der Waals surface area (Å²) in [4.78, 5) is 4.92. The van der Waals surface area contributed by atoms with Gasteiger partial charge in [-0.05, 0) is 31.0 Å². The molecule has 2 heterocycles. The van der Waals surface area contributed by atoms with E-state index in [9.17, 15) is 5.26 Å². The molecule has 0 bridgehead atoms. The van der Waals surface area contributed by atoms with E-state index in [-0.39, 0.29) is 0 Å². The maximum absolute atomic E-state index is 10.2.